The van der Waals surface area contributed by atoms with Gasteiger partial charge in [-0.15, -0.1) is 0 Å². The monoisotopic (exact) mass is 338 g/mol. The van der Waals surface area contributed by atoms with Crippen molar-refractivity contribution in [3.8, 4) is 0 Å². The quantitative estimate of drug-likeness (QED) is 0.881. The smallest absolute Gasteiger partial charge is 0.243 e. The Kier molecular flexibility index (Phi) is 4.78. The normalized spacial score (nSPS) is 22.2. The van der Waals surface area contributed by atoms with Crippen molar-refractivity contribution in [3.05, 3.63) is 29.3 Å². The van der Waals surface area contributed by atoms with Crippen molar-refractivity contribution in [3.63, 3.8) is 0 Å². The number of aliphatic hydroxyl groups is 1. The molecule has 23 heavy (non-hydrogen) atoms. The minimum absolute atomic E-state index is 0.252. The summed E-state index contributed by atoms with van der Waals surface area (Å²) in [5.74, 6) is 0.465. The molecule has 1 saturated heterocycles. The second-order valence-corrected chi connectivity index (χ2v) is 8.79. The van der Waals surface area contributed by atoms with E-state index in [1.165, 1.54) is 0 Å². The van der Waals surface area contributed by atoms with Gasteiger partial charge in [-0.1, -0.05) is 6.07 Å². The Morgan fingerprint density at radius 2 is 1.78 bits per heavy atom. The number of aliphatic hydroxyl groups excluding tert-OH is 1. The molecule has 5 nitrogen and oxygen atoms in total. The molecule has 1 aromatic carbocycles. The predicted molar refractivity (Wildman–Crippen MR) is 89.8 cm³/mol. The van der Waals surface area contributed by atoms with E-state index in [-0.39, 0.29) is 6.10 Å². The molecule has 128 valence electrons. The van der Waals surface area contributed by atoms with Crippen molar-refractivity contribution in [2.45, 2.75) is 37.7 Å². The SMILES string of the molecule is Cc1ccc(S(=O)(=O)N2CCN(CC(O)C3CC3)CC2)cc1C. The fourth-order valence-electron chi connectivity index (χ4n) is 3.07. The molecular formula is C17H26N2O3S. The van der Waals surface area contributed by atoms with Gasteiger partial charge in [0, 0.05) is 32.7 Å². The van der Waals surface area contributed by atoms with Gasteiger partial charge in [-0.25, -0.2) is 8.42 Å². The highest BCUT2D eigenvalue weighted by Crippen LogP contribution is 2.33. The van der Waals surface area contributed by atoms with Gasteiger partial charge in [0.15, 0.2) is 0 Å². The van der Waals surface area contributed by atoms with Crippen LogP contribution in [0.5, 0.6) is 0 Å². The minimum atomic E-state index is -3.41. The first kappa shape index (κ1) is 16.9. The molecule has 0 spiro atoms. The second kappa shape index (κ2) is 6.51. The lowest BCUT2D eigenvalue weighted by molar-refractivity contribution is 0.0782. The lowest BCUT2D eigenvalue weighted by atomic mass is 10.1. The van der Waals surface area contributed by atoms with Crippen LogP contribution < -0.4 is 0 Å². The highest BCUT2D eigenvalue weighted by Gasteiger charge is 2.33. The molecule has 1 aliphatic carbocycles. The summed E-state index contributed by atoms with van der Waals surface area (Å²) in [7, 11) is -3.41. The van der Waals surface area contributed by atoms with Crippen LogP contribution in [0.15, 0.2) is 23.1 Å². The summed E-state index contributed by atoms with van der Waals surface area (Å²) in [6, 6.07) is 5.32. The summed E-state index contributed by atoms with van der Waals surface area (Å²) in [5.41, 5.74) is 2.10. The number of hydrogen-bond donors (Lipinski definition) is 1. The van der Waals surface area contributed by atoms with Crippen LogP contribution in [0.3, 0.4) is 0 Å². The zero-order valence-electron chi connectivity index (χ0n) is 13.9. The Morgan fingerprint density at radius 1 is 1.13 bits per heavy atom. The summed E-state index contributed by atoms with van der Waals surface area (Å²) in [6.07, 6.45) is 2.00. The zero-order valence-corrected chi connectivity index (χ0v) is 14.7. The van der Waals surface area contributed by atoms with Crippen LogP contribution in [-0.4, -0.2) is 61.6 Å². The number of nitrogens with zero attached hydrogens (tertiary/aromatic N) is 2. The van der Waals surface area contributed by atoms with Crippen LogP contribution in [0.4, 0.5) is 0 Å². The van der Waals surface area contributed by atoms with Gasteiger partial charge >= 0.3 is 0 Å². The summed E-state index contributed by atoms with van der Waals surface area (Å²) in [5, 5.41) is 10.0. The first-order valence-corrected chi connectivity index (χ1v) is 9.80. The van der Waals surface area contributed by atoms with E-state index in [2.05, 4.69) is 4.90 Å². The minimum Gasteiger partial charge on any atom is -0.392 e. The van der Waals surface area contributed by atoms with Crippen LogP contribution in [-0.2, 0) is 10.0 Å². The molecule has 0 aromatic heterocycles. The summed E-state index contributed by atoms with van der Waals surface area (Å²) in [4.78, 5) is 2.56. The first-order valence-electron chi connectivity index (χ1n) is 8.36. The Balaban J connectivity index is 1.62. The van der Waals surface area contributed by atoms with E-state index in [4.69, 9.17) is 0 Å². The maximum Gasteiger partial charge on any atom is 0.243 e. The lowest BCUT2D eigenvalue weighted by Gasteiger charge is -2.35. The van der Waals surface area contributed by atoms with Crippen LogP contribution in [0, 0.1) is 19.8 Å². The molecule has 1 N–H and O–H groups in total. The van der Waals surface area contributed by atoms with Crippen LogP contribution in [0.25, 0.3) is 0 Å². The second-order valence-electron chi connectivity index (χ2n) is 6.86. The largest absolute Gasteiger partial charge is 0.392 e. The summed E-state index contributed by atoms with van der Waals surface area (Å²) in [6.45, 7) is 6.95. The Labute approximate surface area is 139 Å². The number of piperazine rings is 1. The summed E-state index contributed by atoms with van der Waals surface area (Å²) >= 11 is 0. The molecule has 1 unspecified atom stereocenters. The molecule has 1 atom stereocenters. The molecule has 2 aliphatic rings. The van der Waals surface area contributed by atoms with E-state index in [0.29, 0.717) is 43.5 Å². The third-order valence-electron chi connectivity index (χ3n) is 5.06. The average Bonchev–Trinajstić information content (AvgIpc) is 3.35. The van der Waals surface area contributed by atoms with Gasteiger partial charge in [0.2, 0.25) is 10.0 Å². The number of sulfonamides is 1. The molecule has 6 heteroatoms. The molecule has 3 rings (SSSR count). The molecule has 2 fully saturated rings. The maximum absolute atomic E-state index is 12.8. The fraction of sp³-hybridized carbons (Fsp3) is 0.647. The molecular weight excluding hydrogens is 312 g/mol. The fourth-order valence-corrected chi connectivity index (χ4v) is 4.58. The Morgan fingerprint density at radius 3 is 2.35 bits per heavy atom. The van der Waals surface area contributed by atoms with Gasteiger partial charge in [-0.2, -0.15) is 4.31 Å². The van der Waals surface area contributed by atoms with Gasteiger partial charge in [-0.05, 0) is 55.9 Å². The van der Waals surface area contributed by atoms with Crippen molar-refractivity contribution in [2.24, 2.45) is 5.92 Å². The first-order chi connectivity index (χ1) is 10.9. The summed E-state index contributed by atoms with van der Waals surface area (Å²) < 4.78 is 27.1. The van der Waals surface area contributed by atoms with E-state index >= 15 is 0 Å². The van der Waals surface area contributed by atoms with Crippen LogP contribution >= 0.6 is 0 Å². The van der Waals surface area contributed by atoms with Crippen molar-refractivity contribution >= 4 is 10.0 Å². The number of benzene rings is 1. The maximum atomic E-state index is 12.8. The van der Waals surface area contributed by atoms with E-state index in [1.807, 2.05) is 19.9 Å². The third-order valence-corrected chi connectivity index (χ3v) is 6.95. The van der Waals surface area contributed by atoms with Crippen molar-refractivity contribution in [1.82, 2.24) is 9.21 Å². The van der Waals surface area contributed by atoms with Crippen LogP contribution in [0.1, 0.15) is 24.0 Å². The van der Waals surface area contributed by atoms with Gasteiger partial charge in [-0.3, -0.25) is 4.90 Å². The third kappa shape index (κ3) is 3.76. The molecule has 0 bridgehead atoms. The zero-order chi connectivity index (χ0) is 16.6. The lowest BCUT2D eigenvalue weighted by Crippen LogP contribution is -2.50. The van der Waals surface area contributed by atoms with Gasteiger partial charge in [0.05, 0.1) is 11.0 Å². The number of hydrogen-bond acceptors (Lipinski definition) is 4. The topological polar surface area (TPSA) is 60.9 Å². The molecule has 0 radical (unpaired) electrons. The number of aryl methyl sites for hydroxylation is 2. The standard InChI is InChI=1S/C17H26N2O3S/c1-13-3-6-16(11-14(13)2)23(21,22)19-9-7-18(8-10-19)12-17(20)15-4-5-15/h3,6,11,15,17,20H,4-5,7-10,12H2,1-2H3. The van der Waals surface area contributed by atoms with Gasteiger partial charge in [0.25, 0.3) is 0 Å². The number of β-amino-alcohol motifs (C(OH)–C–C–N with tert-alkyl or cyclic N) is 1. The molecule has 1 aromatic rings. The average molecular weight is 338 g/mol. The predicted octanol–water partition coefficient (Wildman–Crippen LogP) is 1.38. The van der Waals surface area contributed by atoms with Crippen LogP contribution in [0.2, 0.25) is 0 Å². The Bertz CT molecular complexity index is 662. The molecule has 1 aliphatic heterocycles. The van der Waals surface area contributed by atoms with Gasteiger partial charge in [0.1, 0.15) is 0 Å². The van der Waals surface area contributed by atoms with E-state index in [9.17, 15) is 13.5 Å². The molecule has 1 saturated carbocycles. The molecule has 1 heterocycles. The van der Waals surface area contributed by atoms with Gasteiger partial charge < -0.3 is 5.11 Å². The van der Waals surface area contributed by atoms with Crippen molar-refractivity contribution in [1.29, 1.82) is 0 Å². The van der Waals surface area contributed by atoms with E-state index < -0.39 is 10.0 Å². The van der Waals surface area contributed by atoms with E-state index in [1.54, 1.807) is 16.4 Å². The number of rotatable bonds is 5. The Hall–Kier alpha value is -0.950. The highest BCUT2D eigenvalue weighted by atomic mass is 32.2. The van der Waals surface area contributed by atoms with E-state index in [0.717, 1.165) is 24.0 Å². The molecule has 0 amide bonds. The van der Waals surface area contributed by atoms with Crippen molar-refractivity contribution in [2.75, 3.05) is 32.7 Å². The highest BCUT2D eigenvalue weighted by molar-refractivity contribution is 7.89. The van der Waals surface area contributed by atoms with Crippen molar-refractivity contribution < 1.29 is 13.5 Å².